The fourth-order valence-corrected chi connectivity index (χ4v) is 7.15. The van der Waals surface area contributed by atoms with Crippen molar-refractivity contribution in [2.24, 2.45) is 17.8 Å². The average molecular weight is 322 g/mol. The second-order valence-corrected chi connectivity index (χ2v) is 9.39. The van der Waals surface area contributed by atoms with Crippen molar-refractivity contribution in [3.63, 3.8) is 0 Å². The van der Waals surface area contributed by atoms with E-state index in [9.17, 15) is 9.59 Å². The van der Waals surface area contributed by atoms with E-state index in [1.165, 1.54) is 38.5 Å². The van der Waals surface area contributed by atoms with Crippen molar-refractivity contribution in [3.05, 3.63) is 0 Å². The van der Waals surface area contributed by atoms with Gasteiger partial charge in [-0.25, -0.2) is 0 Å². The Hall–Kier alpha value is -0.710. The minimum absolute atomic E-state index is 0.0144. The normalized spacial score (nSPS) is 43.0. The Labute approximate surface area is 136 Å². The molecule has 0 unspecified atom stereocenters. The van der Waals surface area contributed by atoms with Crippen molar-refractivity contribution in [2.75, 3.05) is 12.3 Å². The molecule has 5 rings (SSSR count). The van der Waals surface area contributed by atoms with E-state index >= 15 is 0 Å². The van der Waals surface area contributed by atoms with Gasteiger partial charge in [0.2, 0.25) is 11.8 Å². The zero-order chi connectivity index (χ0) is 15.2. The van der Waals surface area contributed by atoms with Gasteiger partial charge in [0.25, 0.3) is 0 Å². The third-order valence-corrected chi connectivity index (χ3v) is 7.63. The lowest BCUT2D eigenvalue weighted by Gasteiger charge is -2.56. The number of nitrogens with one attached hydrogen (secondary N) is 2. The molecule has 0 spiro atoms. The third kappa shape index (κ3) is 2.89. The van der Waals surface area contributed by atoms with Gasteiger partial charge in [0.05, 0.1) is 5.75 Å². The summed E-state index contributed by atoms with van der Waals surface area (Å²) in [4.78, 5) is 24.0. The summed E-state index contributed by atoms with van der Waals surface area (Å²) >= 11 is 1.89. The number of hydrogen-bond donors (Lipinski definition) is 2. The molecule has 0 radical (unpaired) electrons. The summed E-state index contributed by atoms with van der Waals surface area (Å²) in [5.74, 6) is 3.32. The molecule has 4 aliphatic carbocycles. The van der Waals surface area contributed by atoms with Gasteiger partial charge in [-0.3, -0.25) is 9.59 Å². The van der Waals surface area contributed by atoms with Crippen molar-refractivity contribution in [2.45, 2.75) is 62.2 Å². The van der Waals surface area contributed by atoms with Crippen LogP contribution in [0.1, 0.15) is 51.4 Å². The predicted octanol–water partition coefficient (Wildman–Crippen LogP) is 2.08. The maximum atomic E-state index is 12.2. The molecule has 2 N–H and O–H groups in total. The summed E-state index contributed by atoms with van der Waals surface area (Å²) < 4.78 is 0.376. The number of amides is 2. The minimum Gasteiger partial charge on any atom is -0.354 e. The number of piperidine rings is 1. The summed E-state index contributed by atoms with van der Waals surface area (Å²) in [7, 11) is 0. The highest BCUT2D eigenvalue weighted by Crippen LogP contribution is 2.60. The molecule has 0 aromatic carbocycles. The first-order valence-corrected chi connectivity index (χ1v) is 9.81. The molecular formula is C17H26N2O2S. The predicted molar refractivity (Wildman–Crippen MR) is 87.5 cm³/mol. The molecule has 1 saturated heterocycles. The zero-order valence-electron chi connectivity index (χ0n) is 13.1. The minimum atomic E-state index is -0.307. The van der Waals surface area contributed by atoms with Crippen LogP contribution in [0, 0.1) is 17.8 Å². The van der Waals surface area contributed by atoms with Crippen LogP contribution in [0.3, 0.4) is 0 Å². The molecule has 4 saturated carbocycles. The van der Waals surface area contributed by atoms with Crippen LogP contribution in [0.4, 0.5) is 0 Å². The lowest BCUT2D eigenvalue weighted by Crippen LogP contribution is -2.52. The molecular weight excluding hydrogens is 296 g/mol. The molecule has 2 amide bonds. The van der Waals surface area contributed by atoms with Crippen LogP contribution in [-0.2, 0) is 9.59 Å². The zero-order valence-corrected chi connectivity index (χ0v) is 13.9. The van der Waals surface area contributed by atoms with Gasteiger partial charge in [0, 0.05) is 11.3 Å². The molecule has 5 fully saturated rings. The van der Waals surface area contributed by atoms with Gasteiger partial charge >= 0.3 is 0 Å². The SMILES string of the molecule is O=C(CSC12CC3CC(CC(C3)C1)C2)N[C@H]1CCCNC1=O. The molecule has 1 aliphatic heterocycles. The highest BCUT2D eigenvalue weighted by Gasteiger charge is 2.51. The van der Waals surface area contributed by atoms with Crippen LogP contribution >= 0.6 is 11.8 Å². The van der Waals surface area contributed by atoms with Crippen molar-refractivity contribution in [3.8, 4) is 0 Å². The summed E-state index contributed by atoms with van der Waals surface area (Å²) in [5, 5.41) is 5.76. The van der Waals surface area contributed by atoms with Crippen LogP contribution < -0.4 is 10.6 Å². The van der Waals surface area contributed by atoms with Crippen molar-refractivity contribution >= 4 is 23.6 Å². The van der Waals surface area contributed by atoms with E-state index in [1.54, 1.807) is 0 Å². The maximum Gasteiger partial charge on any atom is 0.242 e. The molecule has 0 aromatic rings. The molecule has 5 heteroatoms. The van der Waals surface area contributed by atoms with E-state index in [0.29, 0.717) is 10.5 Å². The standard InChI is InChI=1S/C17H26N2O2S/c20-15(19-14-2-1-3-18-16(14)21)10-22-17-7-11-4-12(8-17)6-13(5-11)9-17/h11-14H,1-10H2,(H,18,21)(H,19,20)/t11?,12?,13?,14-,17?/m0/s1. The third-order valence-electron chi connectivity index (χ3n) is 6.11. The van der Waals surface area contributed by atoms with Gasteiger partial charge in [-0.2, -0.15) is 0 Å². The topological polar surface area (TPSA) is 58.2 Å². The Morgan fingerprint density at radius 2 is 1.82 bits per heavy atom. The largest absolute Gasteiger partial charge is 0.354 e. The number of carbonyl (C=O) groups is 2. The average Bonchev–Trinajstić information content (AvgIpc) is 2.46. The molecule has 1 heterocycles. The summed E-state index contributed by atoms with van der Waals surface area (Å²) in [5.41, 5.74) is 0. The molecule has 4 bridgehead atoms. The van der Waals surface area contributed by atoms with Gasteiger partial charge in [0.15, 0.2) is 0 Å². The van der Waals surface area contributed by atoms with E-state index < -0.39 is 0 Å². The monoisotopic (exact) mass is 322 g/mol. The van der Waals surface area contributed by atoms with E-state index in [2.05, 4.69) is 10.6 Å². The molecule has 5 aliphatic rings. The molecule has 1 atom stereocenters. The first-order valence-electron chi connectivity index (χ1n) is 8.83. The van der Waals surface area contributed by atoms with Crippen molar-refractivity contribution in [1.29, 1.82) is 0 Å². The second-order valence-electron chi connectivity index (χ2n) is 7.94. The fraction of sp³-hybridized carbons (Fsp3) is 0.882. The van der Waals surface area contributed by atoms with Gasteiger partial charge in [-0.05, 0) is 69.1 Å². The van der Waals surface area contributed by atoms with E-state index in [4.69, 9.17) is 0 Å². The maximum absolute atomic E-state index is 12.2. The first kappa shape index (κ1) is 14.9. The quantitative estimate of drug-likeness (QED) is 0.833. The molecule has 122 valence electrons. The molecule has 0 aromatic heterocycles. The first-order chi connectivity index (χ1) is 10.6. The fourth-order valence-electron chi connectivity index (χ4n) is 5.57. The summed E-state index contributed by atoms with van der Waals surface area (Å²) in [6.07, 6.45) is 10.0. The van der Waals surface area contributed by atoms with Crippen molar-refractivity contribution in [1.82, 2.24) is 10.6 Å². The highest BCUT2D eigenvalue weighted by atomic mass is 32.2. The molecule has 4 nitrogen and oxygen atoms in total. The van der Waals surface area contributed by atoms with E-state index in [-0.39, 0.29) is 17.9 Å². The van der Waals surface area contributed by atoms with Crippen LogP contribution in [0.15, 0.2) is 0 Å². The van der Waals surface area contributed by atoms with E-state index in [0.717, 1.165) is 37.1 Å². The van der Waals surface area contributed by atoms with Gasteiger partial charge in [-0.1, -0.05) is 0 Å². The van der Waals surface area contributed by atoms with Crippen LogP contribution in [-0.4, -0.2) is 34.9 Å². The Morgan fingerprint density at radius 1 is 1.18 bits per heavy atom. The van der Waals surface area contributed by atoms with Crippen molar-refractivity contribution < 1.29 is 9.59 Å². The number of thioether (sulfide) groups is 1. The van der Waals surface area contributed by atoms with Gasteiger partial charge in [0.1, 0.15) is 6.04 Å². The Morgan fingerprint density at radius 3 is 2.41 bits per heavy atom. The van der Waals surface area contributed by atoms with Gasteiger partial charge < -0.3 is 10.6 Å². The summed E-state index contributed by atoms with van der Waals surface area (Å²) in [6, 6.07) is -0.307. The summed E-state index contributed by atoms with van der Waals surface area (Å²) in [6.45, 7) is 0.743. The van der Waals surface area contributed by atoms with Crippen LogP contribution in [0.5, 0.6) is 0 Å². The lowest BCUT2D eigenvalue weighted by atomic mass is 9.56. The van der Waals surface area contributed by atoms with Crippen LogP contribution in [0.25, 0.3) is 0 Å². The smallest absolute Gasteiger partial charge is 0.242 e. The van der Waals surface area contributed by atoms with E-state index in [1.807, 2.05) is 11.8 Å². The van der Waals surface area contributed by atoms with Crippen LogP contribution in [0.2, 0.25) is 0 Å². The Kier molecular flexibility index (Phi) is 3.87. The highest BCUT2D eigenvalue weighted by molar-refractivity contribution is 8.01. The second kappa shape index (κ2) is 5.73. The lowest BCUT2D eigenvalue weighted by molar-refractivity contribution is -0.129. The Bertz CT molecular complexity index is 444. The number of rotatable bonds is 4. The number of carbonyl (C=O) groups excluding carboxylic acids is 2. The van der Waals surface area contributed by atoms with Gasteiger partial charge in [-0.15, -0.1) is 11.8 Å². The Balaban J connectivity index is 1.31. The number of hydrogen-bond acceptors (Lipinski definition) is 3. The molecule has 22 heavy (non-hydrogen) atoms.